The van der Waals surface area contributed by atoms with Gasteiger partial charge in [0, 0.05) is 27.8 Å². The number of carboxylic acid groups (broad SMARTS) is 1. The maximum Gasteiger partial charge on any atom is 0.356 e. The molecule has 0 radical (unpaired) electrons. The number of hydrogen-bond acceptors (Lipinski definition) is 4. The van der Waals surface area contributed by atoms with Gasteiger partial charge in [0.1, 0.15) is 5.69 Å². The number of halogens is 1. The summed E-state index contributed by atoms with van der Waals surface area (Å²) >= 11 is 2.16. The van der Waals surface area contributed by atoms with Gasteiger partial charge >= 0.3 is 5.97 Å². The molecule has 1 aromatic heterocycles. The average molecular weight is 477 g/mol. The molecule has 0 unspecified atom stereocenters. The average Bonchev–Trinajstić information content (AvgIpc) is 3.04. The van der Waals surface area contributed by atoms with Crippen LogP contribution in [0.2, 0.25) is 0 Å². The first-order valence-corrected chi connectivity index (χ1v) is 9.17. The molecule has 8 heteroatoms. The zero-order valence-electron chi connectivity index (χ0n) is 14.1. The number of nitrogens with one attached hydrogen (secondary N) is 1. The van der Waals surface area contributed by atoms with E-state index < -0.39 is 11.9 Å². The van der Waals surface area contributed by atoms with Crippen molar-refractivity contribution in [3.63, 3.8) is 0 Å². The van der Waals surface area contributed by atoms with E-state index in [0.717, 1.165) is 3.57 Å². The van der Waals surface area contributed by atoms with E-state index in [1.807, 2.05) is 18.2 Å². The van der Waals surface area contributed by atoms with E-state index in [4.69, 9.17) is 0 Å². The van der Waals surface area contributed by atoms with Gasteiger partial charge in [-0.05, 0) is 59.0 Å². The number of hydrogen-bond donors (Lipinski definition) is 3. The highest BCUT2D eigenvalue weighted by Crippen LogP contribution is 2.22. The van der Waals surface area contributed by atoms with Gasteiger partial charge in [-0.25, -0.2) is 9.48 Å². The normalized spacial score (nSPS) is 10.6. The number of amides is 1. The van der Waals surface area contributed by atoms with Crippen LogP contribution in [0.3, 0.4) is 0 Å². The first-order valence-electron chi connectivity index (χ1n) is 8.09. The van der Waals surface area contributed by atoms with Gasteiger partial charge in [-0.1, -0.05) is 18.2 Å². The number of benzene rings is 2. The Labute approximate surface area is 168 Å². The first-order chi connectivity index (χ1) is 13.0. The molecule has 0 atom stereocenters. The number of carbonyl (C=O) groups is 2. The molecule has 138 valence electrons. The molecule has 27 heavy (non-hydrogen) atoms. The molecule has 3 aromatic rings. The predicted molar refractivity (Wildman–Crippen MR) is 108 cm³/mol. The Kier molecular flexibility index (Phi) is 5.87. The quantitative estimate of drug-likeness (QED) is 0.474. The van der Waals surface area contributed by atoms with Gasteiger partial charge in [-0.3, -0.25) is 4.79 Å². The summed E-state index contributed by atoms with van der Waals surface area (Å²) in [4.78, 5) is 24.6. The monoisotopic (exact) mass is 477 g/mol. The number of aromatic carboxylic acids is 1. The topological polar surface area (TPSA) is 104 Å². The number of rotatable bonds is 6. The van der Waals surface area contributed by atoms with Crippen LogP contribution in [-0.2, 0) is 6.42 Å². The van der Waals surface area contributed by atoms with Crippen LogP contribution in [0, 0.1) is 3.57 Å². The third-order valence-corrected chi connectivity index (χ3v) is 4.58. The van der Waals surface area contributed by atoms with Crippen molar-refractivity contribution in [2.24, 2.45) is 0 Å². The molecule has 0 spiro atoms. The molecule has 0 fully saturated rings. The Bertz CT molecular complexity index is 969. The number of aliphatic hydroxyl groups is 1. The van der Waals surface area contributed by atoms with Crippen molar-refractivity contribution < 1.29 is 19.8 Å². The minimum Gasteiger partial charge on any atom is -0.476 e. The van der Waals surface area contributed by atoms with Gasteiger partial charge < -0.3 is 15.5 Å². The maximum absolute atomic E-state index is 13.0. The third kappa shape index (κ3) is 4.17. The third-order valence-electron chi connectivity index (χ3n) is 3.87. The SMILES string of the molecule is O=C(O)c1nn(-c2ccccc2)c(C(=O)Nc2ccc(I)cc2)c1CCO. The molecule has 0 aliphatic carbocycles. The fraction of sp³-hybridized carbons (Fsp3) is 0.105. The standard InChI is InChI=1S/C19H16IN3O4/c20-12-6-8-13(9-7-12)21-18(25)17-15(10-11-24)16(19(26)27)22-23(17)14-4-2-1-3-5-14/h1-9,24H,10-11H2,(H,21,25)(H,26,27). The molecule has 3 N–H and O–H groups in total. The van der Waals surface area contributed by atoms with Crippen LogP contribution in [-0.4, -0.2) is 38.5 Å². The van der Waals surface area contributed by atoms with Gasteiger partial charge in [0.2, 0.25) is 0 Å². The van der Waals surface area contributed by atoms with Crippen LogP contribution >= 0.6 is 22.6 Å². The lowest BCUT2D eigenvalue weighted by atomic mass is 10.1. The van der Waals surface area contributed by atoms with Crippen molar-refractivity contribution >= 4 is 40.2 Å². The highest BCUT2D eigenvalue weighted by Gasteiger charge is 2.27. The van der Waals surface area contributed by atoms with Crippen molar-refractivity contribution in [1.82, 2.24) is 9.78 Å². The molecule has 2 aromatic carbocycles. The minimum absolute atomic E-state index is 0.00388. The zero-order valence-corrected chi connectivity index (χ0v) is 16.3. The van der Waals surface area contributed by atoms with Gasteiger partial charge in [0.05, 0.1) is 5.69 Å². The second-order valence-electron chi connectivity index (χ2n) is 5.66. The van der Waals surface area contributed by atoms with E-state index in [-0.39, 0.29) is 30.0 Å². The van der Waals surface area contributed by atoms with Crippen molar-refractivity contribution in [1.29, 1.82) is 0 Å². The summed E-state index contributed by atoms with van der Waals surface area (Å²) in [6, 6.07) is 16.0. The molecule has 0 saturated heterocycles. The highest BCUT2D eigenvalue weighted by molar-refractivity contribution is 14.1. The Morgan fingerprint density at radius 2 is 1.74 bits per heavy atom. The predicted octanol–water partition coefficient (Wildman–Crippen LogP) is 2.96. The number of aliphatic hydroxyl groups excluding tert-OH is 1. The van der Waals surface area contributed by atoms with Gasteiger partial charge in [-0.2, -0.15) is 5.10 Å². The van der Waals surface area contributed by atoms with Crippen molar-refractivity contribution in [3.8, 4) is 5.69 Å². The molecule has 7 nitrogen and oxygen atoms in total. The van der Waals surface area contributed by atoms with Gasteiger partial charge in [0.15, 0.2) is 5.69 Å². The second kappa shape index (κ2) is 8.31. The Hall–Kier alpha value is -2.72. The fourth-order valence-electron chi connectivity index (χ4n) is 2.68. The molecule has 1 heterocycles. The summed E-state index contributed by atoms with van der Waals surface area (Å²) in [5.74, 6) is -1.75. The number of anilines is 1. The number of para-hydroxylation sites is 1. The summed E-state index contributed by atoms with van der Waals surface area (Å²) < 4.78 is 2.32. The van der Waals surface area contributed by atoms with Crippen LogP contribution in [0.25, 0.3) is 5.69 Å². The van der Waals surface area contributed by atoms with Crippen LogP contribution in [0.1, 0.15) is 26.5 Å². The second-order valence-corrected chi connectivity index (χ2v) is 6.91. The number of aromatic nitrogens is 2. The molecule has 0 aliphatic rings. The first kappa shape index (κ1) is 19.1. The van der Waals surface area contributed by atoms with Crippen LogP contribution < -0.4 is 5.32 Å². The number of nitrogens with zero attached hydrogens (tertiary/aromatic N) is 2. The molecule has 1 amide bonds. The number of carbonyl (C=O) groups excluding carboxylic acids is 1. The van der Waals surface area contributed by atoms with Crippen LogP contribution in [0.15, 0.2) is 54.6 Å². The summed E-state index contributed by atoms with van der Waals surface area (Å²) in [5.41, 5.74) is 1.16. The van der Waals surface area contributed by atoms with E-state index in [1.54, 1.807) is 36.4 Å². The highest BCUT2D eigenvalue weighted by atomic mass is 127. The molecular weight excluding hydrogens is 461 g/mol. The largest absolute Gasteiger partial charge is 0.476 e. The zero-order chi connectivity index (χ0) is 19.4. The van der Waals surface area contributed by atoms with Crippen LogP contribution in [0.4, 0.5) is 5.69 Å². The van der Waals surface area contributed by atoms with Crippen molar-refractivity contribution in [2.45, 2.75) is 6.42 Å². The Morgan fingerprint density at radius 3 is 2.33 bits per heavy atom. The molecule has 0 bridgehead atoms. The van der Waals surface area contributed by atoms with E-state index >= 15 is 0 Å². The van der Waals surface area contributed by atoms with E-state index in [0.29, 0.717) is 11.4 Å². The minimum atomic E-state index is -1.25. The lowest BCUT2D eigenvalue weighted by Gasteiger charge is -2.10. The summed E-state index contributed by atoms with van der Waals surface area (Å²) in [5, 5.41) is 25.7. The fourth-order valence-corrected chi connectivity index (χ4v) is 3.04. The van der Waals surface area contributed by atoms with Crippen LogP contribution in [0.5, 0.6) is 0 Å². The molecule has 0 saturated carbocycles. The summed E-state index contributed by atoms with van der Waals surface area (Å²) in [6.07, 6.45) is 0.00388. The van der Waals surface area contributed by atoms with E-state index in [1.165, 1.54) is 4.68 Å². The van der Waals surface area contributed by atoms with Crippen molar-refractivity contribution in [2.75, 3.05) is 11.9 Å². The van der Waals surface area contributed by atoms with Gasteiger partial charge in [-0.15, -0.1) is 0 Å². The molecular formula is C19H16IN3O4. The summed E-state index contributed by atoms with van der Waals surface area (Å²) in [7, 11) is 0. The van der Waals surface area contributed by atoms with Crippen molar-refractivity contribution in [3.05, 3.63) is 75.1 Å². The lowest BCUT2D eigenvalue weighted by molar-refractivity contribution is 0.0688. The number of carboxylic acids is 1. The smallest absolute Gasteiger partial charge is 0.356 e. The van der Waals surface area contributed by atoms with E-state index in [9.17, 15) is 19.8 Å². The molecule has 3 rings (SSSR count). The molecule has 0 aliphatic heterocycles. The summed E-state index contributed by atoms with van der Waals surface area (Å²) in [6.45, 7) is -0.301. The lowest BCUT2D eigenvalue weighted by Crippen LogP contribution is -2.19. The maximum atomic E-state index is 13.0. The Morgan fingerprint density at radius 1 is 1.07 bits per heavy atom. The van der Waals surface area contributed by atoms with E-state index in [2.05, 4.69) is 33.0 Å². The van der Waals surface area contributed by atoms with Gasteiger partial charge in [0.25, 0.3) is 5.91 Å². The Balaban J connectivity index is 2.11.